The highest BCUT2D eigenvalue weighted by Gasteiger charge is 2.29. The van der Waals surface area contributed by atoms with Gasteiger partial charge in [-0.15, -0.1) is 0 Å². The number of nitrogens with zero attached hydrogens (tertiary/aromatic N) is 2. The fourth-order valence-electron chi connectivity index (χ4n) is 10.8. The van der Waals surface area contributed by atoms with Crippen LogP contribution in [0.1, 0.15) is 72.9 Å². The average molecular weight is 857 g/mol. The van der Waals surface area contributed by atoms with E-state index in [-0.39, 0.29) is 11.8 Å². The van der Waals surface area contributed by atoms with E-state index in [1.54, 1.807) is 0 Å². The molecule has 66 heavy (non-hydrogen) atoms. The Morgan fingerprint density at radius 1 is 0.364 bits per heavy atom. The Hall–Kier alpha value is -7.56. The molecule has 12 aromatic rings. The average Bonchev–Trinajstić information content (AvgIpc) is 3.89. The lowest BCUT2D eigenvalue weighted by Crippen LogP contribution is -2.14. The molecule has 0 fully saturated rings. The summed E-state index contributed by atoms with van der Waals surface area (Å²) in [6.45, 7) is 18.1. The van der Waals surface area contributed by atoms with E-state index in [1.807, 2.05) is 0 Å². The second-order valence-corrected chi connectivity index (χ2v) is 19.1. The van der Waals surface area contributed by atoms with Crippen LogP contribution in [0.4, 0.5) is 34.1 Å². The quantitative estimate of drug-likeness (QED) is 0.143. The lowest BCUT2D eigenvalue weighted by molar-refractivity contribution is 0.668. The Morgan fingerprint density at radius 3 is 1.12 bits per heavy atom. The number of benzene rings is 10. The van der Waals surface area contributed by atoms with Gasteiger partial charge in [0.2, 0.25) is 0 Å². The highest BCUT2D eigenvalue weighted by Crippen LogP contribution is 2.53. The van der Waals surface area contributed by atoms with Gasteiger partial charge in [0.15, 0.2) is 11.2 Å². The second kappa shape index (κ2) is 15.0. The summed E-state index contributed by atoms with van der Waals surface area (Å²) in [6, 6.07) is 58.2. The summed E-state index contributed by atoms with van der Waals surface area (Å²) < 4.78 is 13.8. The molecule has 0 amide bonds. The van der Waals surface area contributed by atoms with Gasteiger partial charge in [0, 0.05) is 43.7 Å². The standard InChI is InChI=1S/C62H52N2O2/c1-35(2)51-33-53(63(41-23-17-37(5)18-24-41)59-39(7)21-27-47-43-13-9-11-15-55(43)65-61(47)59)49-32-30-46-52(36(3)4)34-54(50-31-29-45(51)57(49)58(46)50)64(42-25-19-38(6)20-26-42)60-40(8)22-28-48-44-14-10-12-16-56(44)66-62(48)60/h9-36H,1-8H3. The number of para-hydroxylation sites is 2. The third kappa shape index (κ3) is 5.97. The van der Waals surface area contributed by atoms with Crippen LogP contribution in [-0.2, 0) is 0 Å². The van der Waals surface area contributed by atoms with E-state index in [0.717, 1.165) is 89.1 Å². The van der Waals surface area contributed by atoms with Crippen LogP contribution >= 0.6 is 0 Å². The van der Waals surface area contributed by atoms with Crippen molar-refractivity contribution in [3.8, 4) is 0 Å². The van der Waals surface area contributed by atoms with Crippen LogP contribution in [-0.4, -0.2) is 0 Å². The van der Waals surface area contributed by atoms with Crippen molar-refractivity contribution in [2.24, 2.45) is 0 Å². The maximum absolute atomic E-state index is 6.90. The molecule has 12 rings (SSSR count). The van der Waals surface area contributed by atoms with E-state index in [9.17, 15) is 0 Å². The highest BCUT2D eigenvalue weighted by atomic mass is 16.3. The number of hydrogen-bond donors (Lipinski definition) is 0. The molecule has 0 saturated heterocycles. The van der Waals surface area contributed by atoms with E-state index >= 15 is 0 Å². The molecule has 0 aliphatic heterocycles. The molecular formula is C62H52N2O2. The monoisotopic (exact) mass is 856 g/mol. The van der Waals surface area contributed by atoms with Crippen molar-refractivity contribution >= 4 is 110 Å². The molecule has 4 heteroatoms. The Balaban J connectivity index is 1.22. The van der Waals surface area contributed by atoms with Crippen LogP contribution in [0, 0.1) is 27.7 Å². The Labute approximate surface area is 385 Å². The van der Waals surface area contributed by atoms with E-state index in [1.165, 1.54) is 54.6 Å². The minimum atomic E-state index is 0.248. The molecule has 0 spiro atoms. The van der Waals surface area contributed by atoms with Gasteiger partial charge in [0.25, 0.3) is 0 Å². The zero-order valence-corrected chi connectivity index (χ0v) is 38.9. The SMILES string of the molecule is Cc1ccc(N(c2cc(C(C)C)c3ccc4c(N(c5ccc(C)cc5)c5c(C)ccc6c5oc5ccccc56)cc(C(C)C)c5ccc2c3c54)c2c(C)ccc3c2oc2ccccc23)cc1. The van der Waals surface area contributed by atoms with E-state index in [0.29, 0.717) is 0 Å². The Bertz CT molecular complexity index is 3610. The summed E-state index contributed by atoms with van der Waals surface area (Å²) in [7, 11) is 0. The minimum absolute atomic E-state index is 0.248. The predicted octanol–water partition coefficient (Wildman–Crippen LogP) is 18.8. The number of anilines is 6. The third-order valence-corrected chi connectivity index (χ3v) is 14.1. The van der Waals surface area contributed by atoms with Gasteiger partial charge >= 0.3 is 0 Å². The smallest absolute Gasteiger partial charge is 0.159 e. The zero-order valence-electron chi connectivity index (χ0n) is 38.9. The minimum Gasteiger partial charge on any atom is -0.454 e. The molecule has 0 saturated carbocycles. The Kier molecular flexibility index (Phi) is 9.09. The van der Waals surface area contributed by atoms with Crippen molar-refractivity contribution in [3.63, 3.8) is 0 Å². The molecule has 0 aliphatic carbocycles. The van der Waals surface area contributed by atoms with Gasteiger partial charge in [-0.25, -0.2) is 0 Å². The number of rotatable bonds is 8. The number of hydrogen-bond acceptors (Lipinski definition) is 4. The summed E-state index contributed by atoms with van der Waals surface area (Å²) in [4.78, 5) is 4.96. The molecule has 0 bridgehead atoms. The van der Waals surface area contributed by atoms with Gasteiger partial charge < -0.3 is 18.6 Å². The van der Waals surface area contributed by atoms with Crippen LogP contribution < -0.4 is 9.80 Å². The van der Waals surface area contributed by atoms with Crippen molar-refractivity contribution in [1.82, 2.24) is 0 Å². The molecule has 4 nitrogen and oxygen atoms in total. The van der Waals surface area contributed by atoms with Crippen LogP contribution in [0.5, 0.6) is 0 Å². The van der Waals surface area contributed by atoms with Gasteiger partial charge in [-0.2, -0.15) is 0 Å². The first-order valence-corrected chi connectivity index (χ1v) is 23.4. The predicted molar refractivity (Wildman–Crippen MR) is 281 cm³/mol. The van der Waals surface area contributed by atoms with Crippen LogP contribution in [0.15, 0.2) is 167 Å². The summed E-state index contributed by atoms with van der Waals surface area (Å²) in [6.07, 6.45) is 0. The largest absolute Gasteiger partial charge is 0.454 e. The lowest BCUT2D eigenvalue weighted by atomic mass is 9.84. The maximum Gasteiger partial charge on any atom is 0.159 e. The molecule has 2 heterocycles. The second-order valence-electron chi connectivity index (χ2n) is 19.1. The van der Waals surface area contributed by atoms with E-state index in [2.05, 4.69) is 223 Å². The van der Waals surface area contributed by atoms with Gasteiger partial charge in [0.05, 0.1) is 22.7 Å². The first-order chi connectivity index (χ1) is 32.0. The van der Waals surface area contributed by atoms with Gasteiger partial charge in [-0.3, -0.25) is 0 Å². The maximum atomic E-state index is 6.90. The van der Waals surface area contributed by atoms with Gasteiger partial charge in [-0.05, 0) is 132 Å². The van der Waals surface area contributed by atoms with Crippen molar-refractivity contribution in [2.75, 3.05) is 9.80 Å². The molecule has 0 aliphatic rings. The van der Waals surface area contributed by atoms with E-state index < -0.39 is 0 Å². The first-order valence-electron chi connectivity index (χ1n) is 23.4. The molecule has 0 N–H and O–H groups in total. The van der Waals surface area contributed by atoms with Crippen molar-refractivity contribution in [1.29, 1.82) is 0 Å². The zero-order chi connectivity index (χ0) is 45.1. The first kappa shape index (κ1) is 40.0. The highest BCUT2D eigenvalue weighted by molar-refractivity contribution is 6.30. The summed E-state index contributed by atoms with van der Waals surface area (Å²) in [5.74, 6) is 0.496. The van der Waals surface area contributed by atoms with Crippen LogP contribution in [0.2, 0.25) is 0 Å². The molecule has 322 valence electrons. The molecule has 2 aromatic heterocycles. The molecule has 10 aromatic carbocycles. The summed E-state index contributed by atoms with van der Waals surface area (Å²) in [5, 5.41) is 12.0. The number of fused-ring (bicyclic) bond motifs is 6. The molecule has 0 atom stereocenters. The number of aryl methyl sites for hydroxylation is 4. The van der Waals surface area contributed by atoms with Crippen LogP contribution in [0.25, 0.3) is 76.2 Å². The summed E-state index contributed by atoms with van der Waals surface area (Å²) in [5.41, 5.74) is 17.5. The fraction of sp³-hybridized carbons (Fsp3) is 0.161. The lowest BCUT2D eigenvalue weighted by Gasteiger charge is -2.32. The molecule has 0 unspecified atom stereocenters. The van der Waals surface area contributed by atoms with Crippen molar-refractivity contribution in [2.45, 2.75) is 67.2 Å². The normalized spacial score (nSPS) is 12.2. The van der Waals surface area contributed by atoms with Gasteiger partial charge in [-0.1, -0.05) is 148 Å². The number of furan rings is 2. The fourth-order valence-corrected chi connectivity index (χ4v) is 10.8. The third-order valence-electron chi connectivity index (χ3n) is 14.1. The Morgan fingerprint density at radius 2 is 0.727 bits per heavy atom. The van der Waals surface area contributed by atoms with Crippen molar-refractivity contribution < 1.29 is 8.83 Å². The van der Waals surface area contributed by atoms with Crippen LogP contribution in [0.3, 0.4) is 0 Å². The van der Waals surface area contributed by atoms with E-state index in [4.69, 9.17) is 8.83 Å². The molecular weight excluding hydrogens is 805 g/mol. The summed E-state index contributed by atoms with van der Waals surface area (Å²) >= 11 is 0. The topological polar surface area (TPSA) is 32.8 Å². The van der Waals surface area contributed by atoms with Gasteiger partial charge in [0.1, 0.15) is 11.2 Å². The van der Waals surface area contributed by atoms with Crippen molar-refractivity contribution in [3.05, 3.63) is 191 Å². The molecule has 0 radical (unpaired) electrons.